The molecule has 13 nitrogen and oxygen atoms in total. The van der Waals surface area contributed by atoms with Gasteiger partial charge in [-0.2, -0.15) is 0 Å². The van der Waals surface area contributed by atoms with Gasteiger partial charge in [0.05, 0.1) is 63.6 Å². The standard InChI is InChI=1S/C45H40N8O5/c1-29(11-9-10-24-50-27-40(46-49-50)36(28-54)31-12-3-2-4-13-31)45(58)37-25-33(53-43(56)35-15-6-8-17-39(35)48-53)22-23-41(37)51(44(45)57)26-30-18-20-32(21-19-30)52-42(55)34-14-5-7-16-38(34)47-52/h2-9,11-23,25,27,29,36,47-48,54,58H,10,24,26,28H2,1H3/b11-9+/t29-,36?,45+/m0/s1. The second kappa shape index (κ2) is 14.8. The molecule has 4 heterocycles. The van der Waals surface area contributed by atoms with Crippen LogP contribution in [0.2, 0.25) is 0 Å². The molecule has 1 unspecified atom stereocenters. The lowest BCUT2D eigenvalue weighted by Gasteiger charge is -2.28. The lowest BCUT2D eigenvalue weighted by Crippen LogP contribution is -2.44. The maximum absolute atomic E-state index is 14.6. The van der Waals surface area contributed by atoms with Crippen molar-refractivity contribution < 1.29 is 15.0 Å². The van der Waals surface area contributed by atoms with Gasteiger partial charge in [0.1, 0.15) is 0 Å². The maximum atomic E-state index is 14.6. The third kappa shape index (κ3) is 6.26. The van der Waals surface area contributed by atoms with Crippen LogP contribution in [0.4, 0.5) is 5.69 Å². The Kier molecular flexibility index (Phi) is 9.31. The minimum Gasteiger partial charge on any atom is -0.395 e. The average molecular weight is 773 g/mol. The molecule has 3 aromatic heterocycles. The highest BCUT2D eigenvalue weighted by Crippen LogP contribution is 2.46. The van der Waals surface area contributed by atoms with Crippen molar-refractivity contribution in [2.45, 2.75) is 38.0 Å². The van der Waals surface area contributed by atoms with Crippen molar-refractivity contribution in [3.63, 3.8) is 0 Å². The zero-order chi connectivity index (χ0) is 40.0. The highest BCUT2D eigenvalue weighted by molar-refractivity contribution is 6.07. The third-order valence-electron chi connectivity index (χ3n) is 11.1. The number of hydrogen-bond donors (Lipinski definition) is 4. The first-order valence-corrected chi connectivity index (χ1v) is 19.1. The first-order valence-electron chi connectivity index (χ1n) is 19.1. The molecule has 0 saturated carbocycles. The van der Waals surface area contributed by atoms with Gasteiger partial charge in [-0.3, -0.25) is 29.3 Å². The normalized spacial score (nSPS) is 16.5. The minimum absolute atomic E-state index is 0.0977. The van der Waals surface area contributed by atoms with Crippen LogP contribution in [0, 0.1) is 5.92 Å². The highest BCUT2D eigenvalue weighted by atomic mass is 16.3. The van der Waals surface area contributed by atoms with E-state index < -0.39 is 17.4 Å². The number of fused-ring (bicyclic) bond motifs is 3. The Morgan fingerprint density at radius 1 is 0.776 bits per heavy atom. The number of aliphatic hydroxyl groups is 2. The molecule has 13 heteroatoms. The Balaban J connectivity index is 0.994. The maximum Gasteiger partial charge on any atom is 0.279 e. The van der Waals surface area contributed by atoms with Crippen molar-refractivity contribution in [3.8, 4) is 11.4 Å². The van der Waals surface area contributed by atoms with E-state index in [4.69, 9.17) is 0 Å². The van der Waals surface area contributed by atoms with Crippen LogP contribution in [-0.4, -0.2) is 57.3 Å². The number of amides is 1. The molecule has 0 radical (unpaired) electrons. The van der Waals surface area contributed by atoms with Crippen LogP contribution in [0.1, 0.15) is 41.6 Å². The summed E-state index contributed by atoms with van der Waals surface area (Å²) < 4.78 is 4.63. The monoisotopic (exact) mass is 772 g/mol. The molecule has 1 amide bonds. The van der Waals surface area contributed by atoms with E-state index in [0.29, 0.717) is 57.6 Å². The number of H-pyrrole nitrogens is 2. The third-order valence-corrected chi connectivity index (χ3v) is 11.1. The topological polar surface area (TPSA) is 167 Å². The average Bonchev–Trinajstić information content (AvgIpc) is 4.01. The highest BCUT2D eigenvalue weighted by Gasteiger charge is 2.52. The largest absolute Gasteiger partial charge is 0.395 e. The summed E-state index contributed by atoms with van der Waals surface area (Å²) >= 11 is 0. The van der Waals surface area contributed by atoms with Gasteiger partial charge in [0, 0.05) is 24.2 Å². The summed E-state index contributed by atoms with van der Waals surface area (Å²) in [5.41, 5.74) is 3.49. The first kappa shape index (κ1) is 36.5. The van der Waals surface area contributed by atoms with E-state index in [1.807, 2.05) is 103 Å². The molecule has 0 fully saturated rings. The molecule has 8 aromatic rings. The molecule has 0 spiro atoms. The predicted molar refractivity (Wildman–Crippen MR) is 221 cm³/mol. The van der Waals surface area contributed by atoms with E-state index in [1.54, 1.807) is 52.9 Å². The fourth-order valence-corrected chi connectivity index (χ4v) is 7.93. The summed E-state index contributed by atoms with van der Waals surface area (Å²) in [7, 11) is 0. The van der Waals surface area contributed by atoms with Crippen LogP contribution >= 0.6 is 0 Å². The molecule has 0 aliphatic carbocycles. The zero-order valence-electron chi connectivity index (χ0n) is 31.6. The summed E-state index contributed by atoms with van der Waals surface area (Å²) in [5.74, 6) is -1.45. The number of carbonyl (C=O) groups is 1. The molecular formula is C45H40N8O5. The number of aromatic amines is 2. The molecule has 0 saturated heterocycles. The number of para-hydroxylation sites is 2. The van der Waals surface area contributed by atoms with E-state index in [-0.39, 0.29) is 30.2 Å². The Morgan fingerprint density at radius 3 is 2.05 bits per heavy atom. The lowest BCUT2D eigenvalue weighted by molar-refractivity contribution is -0.139. The van der Waals surface area contributed by atoms with E-state index in [2.05, 4.69) is 20.5 Å². The van der Waals surface area contributed by atoms with E-state index in [0.717, 1.165) is 16.6 Å². The van der Waals surface area contributed by atoms with Crippen LogP contribution in [-0.2, 0) is 23.5 Å². The zero-order valence-corrected chi connectivity index (χ0v) is 31.6. The Hall–Kier alpha value is -7.09. The number of aromatic nitrogens is 7. The van der Waals surface area contributed by atoms with Gasteiger partial charge in [-0.15, -0.1) is 5.10 Å². The molecular weight excluding hydrogens is 733 g/mol. The summed E-state index contributed by atoms with van der Waals surface area (Å²) in [4.78, 5) is 42.6. The molecule has 58 heavy (non-hydrogen) atoms. The van der Waals surface area contributed by atoms with Gasteiger partial charge in [-0.1, -0.05) is 91.0 Å². The van der Waals surface area contributed by atoms with Crippen LogP contribution in [0.3, 0.4) is 0 Å². The van der Waals surface area contributed by atoms with Crippen molar-refractivity contribution in [2.24, 2.45) is 5.92 Å². The Labute approximate surface area is 331 Å². The van der Waals surface area contributed by atoms with E-state index in [9.17, 15) is 24.6 Å². The van der Waals surface area contributed by atoms with Crippen LogP contribution in [0.5, 0.6) is 0 Å². The van der Waals surface area contributed by atoms with Crippen LogP contribution in [0.15, 0.2) is 149 Å². The first-order chi connectivity index (χ1) is 28.2. The van der Waals surface area contributed by atoms with Gasteiger partial charge in [-0.05, 0) is 72.1 Å². The van der Waals surface area contributed by atoms with Gasteiger partial charge < -0.3 is 15.1 Å². The fourth-order valence-electron chi connectivity index (χ4n) is 7.93. The quantitative estimate of drug-likeness (QED) is 0.116. The predicted octanol–water partition coefficient (Wildman–Crippen LogP) is 5.68. The second-order valence-corrected chi connectivity index (χ2v) is 14.7. The molecule has 9 rings (SSSR count). The number of carbonyl (C=O) groups excluding carboxylic acids is 1. The van der Waals surface area contributed by atoms with Crippen molar-refractivity contribution in [1.29, 1.82) is 0 Å². The van der Waals surface area contributed by atoms with Gasteiger partial charge in [0.15, 0.2) is 5.60 Å². The number of anilines is 1. The van der Waals surface area contributed by atoms with Crippen molar-refractivity contribution in [2.75, 3.05) is 11.5 Å². The second-order valence-electron chi connectivity index (χ2n) is 14.7. The van der Waals surface area contributed by atoms with Gasteiger partial charge in [0.2, 0.25) is 0 Å². The number of aliphatic hydroxyl groups excluding tert-OH is 1. The minimum atomic E-state index is -1.96. The summed E-state index contributed by atoms with van der Waals surface area (Å²) in [5, 5.41) is 38.7. The SMILES string of the molecule is C[C@@H](/C=C/CCn1cc(C(CO)c2ccccc2)nn1)[C@]1(O)C(=O)N(Cc2ccc(-n3[nH]c4ccccc4c3=O)cc2)c2ccc(-n3[nH]c4ccccc4c3=O)cc21. The van der Waals surface area contributed by atoms with E-state index in [1.165, 1.54) is 9.36 Å². The number of allylic oxidation sites excluding steroid dienone is 1. The Bertz CT molecular complexity index is 2940. The molecule has 4 N–H and O–H groups in total. The summed E-state index contributed by atoms with van der Waals surface area (Å²) in [6.07, 6.45) is 6.11. The van der Waals surface area contributed by atoms with Crippen LogP contribution in [0.25, 0.3) is 33.2 Å². The summed E-state index contributed by atoms with van der Waals surface area (Å²) in [6.45, 7) is 2.35. The van der Waals surface area contributed by atoms with Gasteiger partial charge in [0.25, 0.3) is 17.0 Å². The fraction of sp³-hybridized carbons (Fsp3) is 0.178. The van der Waals surface area contributed by atoms with Gasteiger partial charge in [-0.25, -0.2) is 9.36 Å². The molecule has 5 aromatic carbocycles. The smallest absolute Gasteiger partial charge is 0.279 e. The Morgan fingerprint density at radius 2 is 1.40 bits per heavy atom. The number of nitrogens with zero attached hydrogens (tertiary/aromatic N) is 6. The number of aryl methyl sites for hydroxylation is 1. The molecule has 0 bridgehead atoms. The number of hydrogen-bond acceptors (Lipinski definition) is 7. The molecule has 1 aliphatic heterocycles. The van der Waals surface area contributed by atoms with Crippen molar-refractivity contribution >= 4 is 33.4 Å². The van der Waals surface area contributed by atoms with Gasteiger partial charge >= 0.3 is 0 Å². The van der Waals surface area contributed by atoms with Crippen LogP contribution < -0.4 is 16.0 Å². The number of benzene rings is 5. The van der Waals surface area contributed by atoms with E-state index >= 15 is 0 Å². The molecule has 1 aliphatic rings. The molecule has 3 atom stereocenters. The number of rotatable bonds is 12. The van der Waals surface area contributed by atoms with Crippen molar-refractivity contribution in [3.05, 3.63) is 183 Å². The lowest BCUT2D eigenvalue weighted by atomic mass is 9.82. The number of nitrogens with one attached hydrogen (secondary N) is 2. The molecule has 290 valence electrons. The van der Waals surface area contributed by atoms with Crippen molar-refractivity contribution in [1.82, 2.24) is 34.6 Å². The summed E-state index contributed by atoms with van der Waals surface area (Å²) in [6, 6.07) is 36.8.